The van der Waals surface area contributed by atoms with E-state index in [4.69, 9.17) is 20.6 Å². The number of rotatable bonds is 8. The second kappa shape index (κ2) is 8.89. The predicted molar refractivity (Wildman–Crippen MR) is 74.3 cm³/mol. The van der Waals surface area contributed by atoms with Crippen molar-refractivity contribution in [3.8, 4) is 5.75 Å². The molecule has 1 aromatic rings. The third-order valence-corrected chi connectivity index (χ3v) is 2.73. The minimum atomic E-state index is -1.90. The zero-order chi connectivity index (χ0) is 18.3. The maximum absolute atomic E-state index is 13.6. The molecule has 0 aliphatic heterocycles. The number of nitrogens with one attached hydrogen (secondary N) is 2. The van der Waals surface area contributed by atoms with Crippen molar-refractivity contribution in [2.24, 2.45) is 5.73 Å². The maximum atomic E-state index is 13.6. The number of hydrogen-bond acceptors (Lipinski definition) is 5. The molecule has 1 atom stereocenters. The van der Waals surface area contributed by atoms with E-state index in [-0.39, 0.29) is 32.0 Å². The van der Waals surface area contributed by atoms with Gasteiger partial charge in [0, 0.05) is 6.54 Å². The molecule has 0 bridgehead atoms. The molecule has 0 saturated carbocycles. The Bertz CT molecular complexity index is 589. The van der Waals surface area contributed by atoms with Gasteiger partial charge in [0.1, 0.15) is 0 Å². The van der Waals surface area contributed by atoms with Crippen LogP contribution in [0, 0.1) is 28.9 Å². The summed E-state index contributed by atoms with van der Waals surface area (Å²) in [5, 5.41) is 9.42. The van der Waals surface area contributed by atoms with Gasteiger partial charge in [-0.2, -0.15) is 22.5 Å². The van der Waals surface area contributed by atoms with Crippen LogP contribution in [0.3, 0.4) is 0 Å². The molecule has 0 aliphatic carbocycles. The molecule has 0 fully saturated rings. The van der Waals surface area contributed by atoms with Gasteiger partial charge in [-0.25, -0.2) is 4.79 Å². The summed E-state index contributed by atoms with van der Waals surface area (Å²) in [5.41, 5.74) is 5.07. The zero-order valence-corrected chi connectivity index (χ0v) is 12.7. The minimum absolute atomic E-state index is 0.0333. The van der Waals surface area contributed by atoms with Gasteiger partial charge in [-0.15, -0.1) is 0 Å². The molecule has 1 aromatic heterocycles. The zero-order valence-electron chi connectivity index (χ0n) is 12.7. The molecule has 24 heavy (non-hydrogen) atoms. The maximum Gasteiger partial charge on any atom is 0.347 e. The summed E-state index contributed by atoms with van der Waals surface area (Å²) >= 11 is 0. The quantitative estimate of drug-likeness (QED) is 0.162. The van der Waals surface area contributed by atoms with Crippen LogP contribution in [0.4, 0.5) is 17.6 Å². The van der Waals surface area contributed by atoms with E-state index in [1.54, 1.807) is 0 Å². The second-order valence-electron chi connectivity index (χ2n) is 4.49. The van der Waals surface area contributed by atoms with Gasteiger partial charge in [0.25, 0.3) is 11.9 Å². The molecule has 134 valence electrons. The van der Waals surface area contributed by atoms with Crippen LogP contribution in [-0.2, 0) is 9.53 Å². The van der Waals surface area contributed by atoms with E-state index >= 15 is 0 Å². The molecule has 0 aromatic carbocycles. The first-order valence-corrected chi connectivity index (χ1v) is 6.89. The van der Waals surface area contributed by atoms with Gasteiger partial charge in [0.05, 0.1) is 6.61 Å². The Morgan fingerprint density at radius 1 is 1.29 bits per heavy atom. The van der Waals surface area contributed by atoms with E-state index in [0.717, 1.165) is 0 Å². The van der Waals surface area contributed by atoms with Gasteiger partial charge >= 0.3 is 5.97 Å². The van der Waals surface area contributed by atoms with Crippen molar-refractivity contribution in [2.45, 2.75) is 25.9 Å². The van der Waals surface area contributed by atoms with Gasteiger partial charge in [0.15, 0.2) is 12.1 Å². The summed E-state index contributed by atoms with van der Waals surface area (Å²) in [6.07, 6.45) is -1.42. The molecule has 1 heterocycles. The average Bonchev–Trinajstić information content (AvgIpc) is 2.51. The van der Waals surface area contributed by atoms with Gasteiger partial charge < -0.3 is 20.5 Å². The Kier molecular flexibility index (Phi) is 7.21. The average molecular weight is 352 g/mol. The van der Waals surface area contributed by atoms with Crippen molar-refractivity contribution in [1.82, 2.24) is 10.3 Å². The smallest absolute Gasteiger partial charge is 0.347 e. The number of nitrogens with two attached hydrogens (primary N) is 1. The van der Waals surface area contributed by atoms with Crippen molar-refractivity contribution in [1.29, 1.82) is 5.41 Å². The molecule has 0 spiro atoms. The molecular formula is C13H16F4N4O3. The molecule has 0 aliphatic rings. The van der Waals surface area contributed by atoms with Gasteiger partial charge in [0.2, 0.25) is 17.4 Å². The summed E-state index contributed by atoms with van der Waals surface area (Å²) in [5.74, 6) is -10.2. The number of esters is 1. The van der Waals surface area contributed by atoms with Crippen LogP contribution in [0.5, 0.6) is 5.75 Å². The van der Waals surface area contributed by atoms with Crippen molar-refractivity contribution in [3.05, 3.63) is 23.5 Å². The highest BCUT2D eigenvalue weighted by Crippen LogP contribution is 2.26. The lowest BCUT2D eigenvalue weighted by atomic mass is 10.2. The van der Waals surface area contributed by atoms with E-state index in [0.29, 0.717) is 0 Å². The highest BCUT2D eigenvalue weighted by Gasteiger charge is 2.28. The fourth-order valence-electron chi connectivity index (χ4n) is 1.68. The van der Waals surface area contributed by atoms with Crippen molar-refractivity contribution in [3.63, 3.8) is 0 Å². The Labute approximate surface area is 134 Å². The fourth-order valence-corrected chi connectivity index (χ4v) is 1.68. The minimum Gasteiger partial charge on any atom is -0.472 e. The summed E-state index contributed by atoms with van der Waals surface area (Å²) in [4.78, 5) is 14.2. The topological polar surface area (TPSA) is 110 Å². The van der Waals surface area contributed by atoms with Crippen molar-refractivity contribution >= 4 is 11.9 Å². The Morgan fingerprint density at radius 3 is 2.38 bits per heavy atom. The van der Waals surface area contributed by atoms with E-state index in [1.165, 1.54) is 6.92 Å². The number of carbonyl (C=O) groups excluding carboxylic acids is 1. The molecule has 0 saturated heterocycles. The number of ether oxygens (including phenoxy) is 2. The number of halogens is 4. The Balaban J connectivity index is 2.92. The van der Waals surface area contributed by atoms with Gasteiger partial charge in [-0.3, -0.25) is 5.41 Å². The molecule has 1 rings (SSSR count). The summed E-state index contributed by atoms with van der Waals surface area (Å²) < 4.78 is 62.8. The van der Waals surface area contributed by atoms with E-state index in [9.17, 15) is 22.4 Å². The summed E-state index contributed by atoms with van der Waals surface area (Å²) in [7, 11) is 0. The number of pyridine rings is 1. The first kappa shape index (κ1) is 19.5. The number of carbonyl (C=O) groups is 1. The lowest BCUT2D eigenvalue weighted by Crippen LogP contribution is -2.34. The third kappa shape index (κ3) is 5.25. The van der Waals surface area contributed by atoms with Gasteiger partial charge in [-0.05, 0) is 19.8 Å². The molecule has 4 N–H and O–H groups in total. The van der Waals surface area contributed by atoms with Crippen LogP contribution in [0.25, 0.3) is 0 Å². The standard InChI is InChI=1S/C13H16F4N4O3/c1-2-23-12(22)6(4-3-5-20-13(18)19)24-9-7(14)10(16)21-11(17)8(9)15/h6H,2-5H2,1H3,(H4,18,19,20). The van der Waals surface area contributed by atoms with Crippen LogP contribution in [0.2, 0.25) is 0 Å². The lowest BCUT2D eigenvalue weighted by molar-refractivity contribution is -0.152. The lowest BCUT2D eigenvalue weighted by Gasteiger charge is -2.18. The van der Waals surface area contributed by atoms with Gasteiger partial charge in [-0.1, -0.05) is 0 Å². The van der Waals surface area contributed by atoms with Crippen molar-refractivity contribution < 1.29 is 31.8 Å². The Hall–Kier alpha value is -2.59. The fraction of sp³-hybridized carbons (Fsp3) is 0.462. The van der Waals surface area contributed by atoms with Crippen LogP contribution >= 0.6 is 0 Å². The summed E-state index contributed by atoms with van der Waals surface area (Å²) in [6.45, 7) is 1.63. The molecule has 0 amide bonds. The summed E-state index contributed by atoms with van der Waals surface area (Å²) in [6, 6.07) is 0. The van der Waals surface area contributed by atoms with Crippen LogP contribution in [-0.4, -0.2) is 36.2 Å². The normalized spacial score (nSPS) is 11.7. The third-order valence-electron chi connectivity index (χ3n) is 2.73. The van der Waals surface area contributed by atoms with Crippen molar-refractivity contribution in [2.75, 3.05) is 13.2 Å². The second-order valence-corrected chi connectivity index (χ2v) is 4.49. The molecule has 1 unspecified atom stereocenters. The predicted octanol–water partition coefficient (Wildman–Crippen LogP) is 1.21. The number of nitrogens with zero attached hydrogens (tertiary/aromatic N) is 1. The van der Waals surface area contributed by atoms with E-state index in [1.807, 2.05) is 0 Å². The highest BCUT2D eigenvalue weighted by molar-refractivity contribution is 5.75. The number of aromatic nitrogens is 1. The first-order valence-electron chi connectivity index (χ1n) is 6.89. The monoisotopic (exact) mass is 352 g/mol. The SMILES string of the molecule is CCOC(=O)C(CCCNC(=N)N)Oc1c(F)c(F)nc(F)c1F. The number of guanidine groups is 1. The van der Waals surface area contributed by atoms with E-state index in [2.05, 4.69) is 10.3 Å². The van der Waals surface area contributed by atoms with E-state index < -0.39 is 41.4 Å². The van der Waals surface area contributed by atoms with Crippen LogP contribution in [0.15, 0.2) is 0 Å². The highest BCUT2D eigenvalue weighted by atomic mass is 19.2. The number of hydrogen-bond donors (Lipinski definition) is 3. The largest absolute Gasteiger partial charge is 0.472 e. The van der Waals surface area contributed by atoms with Crippen LogP contribution < -0.4 is 15.8 Å². The Morgan fingerprint density at radius 2 is 1.88 bits per heavy atom. The molecular weight excluding hydrogens is 336 g/mol. The first-order chi connectivity index (χ1) is 11.3. The molecule has 11 heteroatoms. The van der Waals surface area contributed by atoms with Crippen LogP contribution in [0.1, 0.15) is 19.8 Å². The molecule has 7 nitrogen and oxygen atoms in total. The molecule has 0 radical (unpaired) electrons.